The van der Waals surface area contributed by atoms with Gasteiger partial charge in [0.1, 0.15) is 0 Å². The number of methoxy groups -OCH3 is 1. The topological polar surface area (TPSA) is 67.4 Å². The number of ether oxygens (including phenoxy) is 1. The lowest BCUT2D eigenvalue weighted by molar-refractivity contribution is -0.115. The highest BCUT2D eigenvalue weighted by Gasteiger charge is 2.13. The molecule has 0 bridgehead atoms. The number of anilines is 2. The van der Waals surface area contributed by atoms with Crippen molar-refractivity contribution in [2.45, 2.75) is 6.42 Å². The van der Waals surface area contributed by atoms with Crippen molar-refractivity contribution in [1.82, 2.24) is 0 Å². The van der Waals surface area contributed by atoms with Crippen LogP contribution in [0.15, 0.2) is 42.5 Å². The molecule has 0 saturated carbocycles. The summed E-state index contributed by atoms with van der Waals surface area (Å²) >= 11 is 11.9. The maximum atomic E-state index is 12.0. The predicted octanol–water partition coefficient (Wildman–Crippen LogP) is 4.22. The molecular weight excluding hydrogens is 351 g/mol. The Balaban J connectivity index is 1.91. The van der Waals surface area contributed by atoms with Crippen molar-refractivity contribution in [3.63, 3.8) is 0 Å². The van der Waals surface area contributed by atoms with E-state index in [2.05, 4.69) is 10.6 Å². The molecule has 0 heterocycles. The summed E-state index contributed by atoms with van der Waals surface area (Å²) in [4.78, 5) is 23.7. The molecule has 24 heavy (non-hydrogen) atoms. The maximum absolute atomic E-state index is 12.0. The Labute approximate surface area is 149 Å². The van der Waals surface area contributed by atoms with Crippen LogP contribution in [0.4, 0.5) is 11.4 Å². The van der Waals surface area contributed by atoms with E-state index in [0.717, 1.165) is 0 Å². The highest BCUT2D eigenvalue weighted by molar-refractivity contribution is 6.36. The molecule has 0 aliphatic carbocycles. The largest absolute Gasteiger partial charge is 0.465 e. The van der Waals surface area contributed by atoms with E-state index in [1.807, 2.05) is 0 Å². The summed E-state index contributed by atoms with van der Waals surface area (Å²) in [5, 5.41) is 6.79. The van der Waals surface area contributed by atoms with Crippen molar-refractivity contribution < 1.29 is 14.3 Å². The zero-order valence-corrected chi connectivity index (χ0v) is 14.4. The van der Waals surface area contributed by atoms with Gasteiger partial charge < -0.3 is 15.4 Å². The lowest BCUT2D eigenvalue weighted by atomic mass is 10.1. The van der Waals surface area contributed by atoms with Crippen LogP contribution >= 0.6 is 23.2 Å². The summed E-state index contributed by atoms with van der Waals surface area (Å²) in [6.45, 7) is 0.383. The van der Waals surface area contributed by atoms with Gasteiger partial charge in [0.15, 0.2) is 0 Å². The summed E-state index contributed by atoms with van der Waals surface area (Å²) in [5.74, 6) is -0.735. The van der Waals surface area contributed by atoms with Crippen LogP contribution < -0.4 is 10.6 Å². The third-order valence-corrected chi connectivity index (χ3v) is 3.75. The maximum Gasteiger partial charge on any atom is 0.339 e. The first-order chi connectivity index (χ1) is 11.5. The number of para-hydroxylation sites is 1. The Morgan fingerprint density at radius 2 is 1.83 bits per heavy atom. The van der Waals surface area contributed by atoms with Gasteiger partial charge in [-0.3, -0.25) is 4.79 Å². The summed E-state index contributed by atoms with van der Waals surface area (Å²) < 4.78 is 4.69. The third kappa shape index (κ3) is 4.88. The van der Waals surface area contributed by atoms with E-state index in [-0.39, 0.29) is 12.3 Å². The number of carbonyl (C=O) groups excluding carboxylic acids is 2. The van der Waals surface area contributed by atoms with Crippen LogP contribution in [0.1, 0.15) is 16.8 Å². The van der Waals surface area contributed by atoms with Crippen molar-refractivity contribution in [1.29, 1.82) is 0 Å². The Hall–Kier alpha value is -2.24. The fourth-order valence-corrected chi connectivity index (χ4v) is 2.51. The third-order valence-electron chi connectivity index (χ3n) is 3.21. The molecule has 0 spiro atoms. The zero-order chi connectivity index (χ0) is 17.5. The second kappa shape index (κ2) is 8.57. The average molecular weight is 367 g/mol. The Kier molecular flexibility index (Phi) is 6.46. The van der Waals surface area contributed by atoms with Gasteiger partial charge in [0, 0.05) is 18.0 Å². The van der Waals surface area contributed by atoms with E-state index < -0.39 is 5.97 Å². The number of halogens is 2. The molecule has 0 aromatic heterocycles. The fraction of sp³-hybridized carbons (Fsp3) is 0.176. The second-order valence-corrected chi connectivity index (χ2v) is 5.73. The number of esters is 1. The molecule has 0 saturated heterocycles. The lowest BCUT2D eigenvalue weighted by Crippen LogP contribution is -2.18. The quantitative estimate of drug-likeness (QED) is 0.751. The van der Waals surface area contributed by atoms with Crippen molar-refractivity contribution in [2.75, 3.05) is 24.3 Å². The number of hydrogen-bond donors (Lipinski definition) is 2. The van der Waals surface area contributed by atoms with Crippen molar-refractivity contribution in [3.8, 4) is 0 Å². The van der Waals surface area contributed by atoms with E-state index in [9.17, 15) is 9.59 Å². The van der Waals surface area contributed by atoms with Gasteiger partial charge in [-0.1, -0.05) is 35.3 Å². The second-order valence-electron chi connectivity index (χ2n) is 4.89. The fourth-order valence-electron chi connectivity index (χ4n) is 2.04. The van der Waals surface area contributed by atoms with E-state index in [4.69, 9.17) is 27.9 Å². The molecule has 0 fully saturated rings. The van der Waals surface area contributed by atoms with Crippen LogP contribution in [-0.2, 0) is 9.53 Å². The smallest absolute Gasteiger partial charge is 0.339 e. The minimum atomic E-state index is -0.503. The van der Waals surface area contributed by atoms with Gasteiger partial charge in [-0.25, -0.2) is 4.79 Å². The molecule has 0 radical (unpaired) electrons. The molecule has 2 aromatic carbocycles. The molecule has 0 aliphatic rings. The van der Waals surface area contributed by atoms with Gasteiger partial charge in [0.2, 0.25) is 5.91 Å². The minimum Gasteiger partial charge on any atom is -0.465 e. The normalized spacial score (nSPS) is 10.1. The first kappa shape index (κ1) is 18.1. The molecular formula is C17H16Cl2N2O3. The Morgan fingerprint density at radius 3 is 2.54 bits per heavy atom. The van der Waals surface area contributed by atoms with Gasteiger partial charge in [-0.2, -0.15) is 0 Å². The number of rotatable bonds is 6. The predicted molar refractivity (Wildman–Crippen MR) is 96.0 cm³/mol. The van der Waals surface area contributed by atoms with Crippen LogP contribution in [0, 0.1) is 0 Å². The molecule has 126 valence electrons. The lowest BCUT2D eigenvalue weighted by Gasteiger charge is -2.11. The highest BCUT2D eigenvalue weighted by Crippen LogP contribution is 2.25. The molecule has 7 heteroatoms. The van der Waals surface area contributed by atoms with Gasteiger partial charge in [0.05, 0.1) is 29.1 Å². The number of amides is 1. The Bertz CT molecular complexity index is 750. The van der Waals surface area contributed by atoms with E-state index in [0.29, 0.717) is 33.5 Å². The Morgan fingerprint density at radius 1 is 1.08 bits per heavy atom. The highest BCUT2D eigenvalue weighted by atomic mass is 35.5. The molecule has 2 rings (SSSR count). The van der Waals surface area contributed by atoms with Crippen LogP contribution in [0.25, 0.3) is 0 Å². The van der Waals surface area contributed by atoms with E-state index in [1.165, 1.54) is 7.11 Å². The van der Waals surface area contributed by atoms with Crippen molar-refractivity contribution in [2.24, 2.45) is 0 Å². The summed E-state index contributed by atoms with van der Waals surface area (Å²) in [6.07, 6.45) is 0.203. The van der Waals surface area contributed by atoms with Gasteiger partial charge in [0.25, 0.3) is 0 Å². The van der Waals surface area contributed by atoms with Gasteiger partial charge in [-0.15, -0.1) is 0 Å². The SMILES string of the molecule is COC(=O)c1ccccc1NC(=O)CCNc1ccc(Cl)cc1Cl. The number of nitrogens with one attached hydrogen (secondary N) is 2. The van der Waals surface area contributed by atoms with Crippen molar-refractivity contribution in [3.05, 3.63) is 58.1 Å². The van der Waals surface area contributed by atoms with Crippen LogP contribution in [0.2, 0.25) is 10.0 Å². The zero-order valence-electron chi connectivity index (χ0n) is 12.9. The van der Waals surface area contributed by atoms with Gasteiger partial charge >= 0.3 is 5.97 Å². The van der Waals surface area contributed by atoms with E-state index in [1.54, 1.807) is 42.5 Å². The van der Waals surface area contributed by atoms with Crippen LogP contribution in [0.3, 0.4) is 0 Å². The number of carbonyl (C=O) groups is 2. The van der Waals surface area contributed by atoms with Crippen molar-refractivity contribution >= 4 is 46.5 Å². The molecule has 1 amide bonds. The molecule has 5 nitrogen and oxygen atoms in total. The van der Waals surface area contributed by atoms with Gasteiger partial charge in [-0.05, 0) is 30.3 Å². The van der Waals surface area contributed by atoms with E-state index >= 15 is 0 Å². The standard InChI is InChI=1S/C17H16Cl2N2O3/c1-24-17(23)12-4-2-3-5-14(12)21-16(22)8-9-20-15-7-6-11(18)10-13(15)19/h2-7,10,20H,8-9H2,1H3,(H,21,22). The monoisotopic (exact) mass is 366 g/mol. The molecule has 2 aromatic rings. The van der Waals surface area contributed by atoms with Crippen LogP contribution in [-0.4, -0.2) is 25.5 Å². The van der Waals surface area contributed by atoms with Crippen LogP contribution in [0.5, 0.6) is 0 Å². The minimum absolute atomic E-state index is 0.203. The summed E-state index contributed by atoms with van der Waals surface area (Å²) in [7, 11) is 1.29. The number of benzene rings is 2. The summed E-state index contributed by atoms with van der Waals surface area (Å²) in [6, 6.07) is 11.7. The molecule has 2 N–H and O–H groups in total. The number of hydrogen-bond acceptors (Lipinski definition) is 4. The summed E-state index contributed by atoms with van der Waals surface area (Å²) in [5.41, 5.74) is 1.42. The molecule has 0 atom stereocenters. The first-order valence-corrected chi connectivity index (χ1v) is 7.93. The molecule has 0 unspecified atom stereocenters. The average Bonchev–Trinajstić information content (AvgIpc) is 2.56. The molecule has 0 aliphatic heterocycles. The first-order valence-electron chi connectivity index (χ1n) is 7.17.